The van der Waals surface area contributed by atoms with Crippen molar-refractivity contribution in [3.8, 4) is 0 Å². The summed E-state index contributed by atoms with van der Waals surface area (Å²) in [4.78, 5) is 18.6. The van der Waals surface area contributed by atoms with Crippen LogP contribution in [0.2, 0.25) is 0 Å². The van der Waals surface area contributed by atoms with Crippen molar-refractivity contribution in [1.29, 1.82) is 0 Å². The van der Waals surface area contributed by atoms with E-state index in [-0.39, 0.29) is 17.6 Å². The normalized spacial score (nSPS) is 22.2. The number of amides is 1. The van der Waals surface area contributed by atoms with Crippen molar-refractivity contribution in [2.75, 3.05) is 19.7 Å². The number of carbonyl (C=O) groups is 1. The van der Waals surface area contributed by atoms with Crippen LogP contribution < -0.4 is 0 Å². The molecule has 0 bridgehead atoms. The number of aromatic nitrogens is 1. The Kier molecular flexibility index (Phi) is 5.74. The third kappa shape index (κ3) is 4.79. The van der Waals surface area contributed by atoms with Gasteiger partial charge in [0.1, 0.15) is 5.60 Å². The van der Waals surface area contributed by atoms with E-state index < -0.39 is 0 Å². The molecule has 1 aromatic heterocycles. The molecule has 0 N–H and O–H groups in total. The summed E-state index contributed by atoms with van der Waals surface area (Å²) in [5.41, 5.74) is 1.80. The molecule has 2 fully saturated rings. The number of hydrogen-bond donors (Lipinski definition) is 0. The number of rotatable bonds is 6. The molecule has 25 heavy (non-hydrogen) atoms. The van der Waals surface area contributed by atoms with Gasteiger partial charge in [-0.1, -0.05) is 19.9 Å². The minimum Gasteiger partial charge on any atom is -0.372 e. The monoisotopic (exact) mass is 346 g/mol. The van der Waals surface area contributed by atoms with Gasteiger partial charge in [0, 0.05) is 25.1 Å². The Morgan fingerprint density at radius 1 is 1.44 bits per heavy atom. The maximum atomic E-state index is 12.2. The molecule has 2 aliphatic heterocycles. The molecule has 2 saturated heterocycles. The SMILES string of the molecule is Cc1cccc(COC2CCOC3(C2)CN(C(=O)CCC(C)C)C3)n1. The zero-order valence-electron chi connectivity index (χ0n) is 15.7. The second-order valence-corrected chi connectivity index (χ2v) is 7.91. The summed E-state index contributed by atoms with van der Waals surface area (Å²) in [7, 11) is 0. The zero-order chi connectivity index (χ0) is 17.9. The highest BCUT2D eigenvalue weighted by molar-refractivity contribution is 5.77. The van der Waals surface area contributed by atoms with Crippen molar-refractivity contribution in [2.45, 2.75) is 64.8 Å². The standard InChI is InChI=1S/C20H30N2O3/c1-15(2)7-8-19(23)22-13-20(14-22)11-18(9-10-25-20)24-12-17-6-4-5-16(3)21-17/h4-6,15,18H,7-14H2,1-3H3. The van der Waals surface area contributed by atoms with Gasteiger partial charge >= 0.3 is 0 Å². The Morgan fingerprint density at radius 3 is 2.96 bits per heavy atom. The van der Waals surface area contributed by atoms with Crippen LogP contribution in [0.3, 0.4) is 0 Å². The Hall–Kier alpha value is -1.46. The van der Waals surface area contributed by atoms with E-state index in [1.165, 1.54) is 0 Å². The van der Waals surface area contributed by atoms with Crippen LogP contribution in [0.1, 0.15) is 50.9 Å². The summed E-state index contributed by atoms with van der Waals surface area (Å²) in [5, 5.41) is 0. The Balaban J connectivity index is 1.45. The lowest BCUT2D eigenvalue weighted by molar-refractivity contribution is -0.202. The van der Waals surface area contributed by atoms with Crippen LogP contribution in [0.4, 0.5) is 0 Å². The predicted molar refractivity (Wildman–Crippen MR) is 96.1 cm³/mol. The molecule has 3 rings (SSSR count). The van der Waals surface area contributed by atoms with Gasteiger partial charge in [-0.15, -0.1) is 0 Å². The summed E-state index contributed by atoms with van der Waals surface area (Å²) >= 11 is 0. The van der Waals surface area contributed by atoms with E-state index in [2.05, 4.69) is 18.8 Å². The highest BCUT2D eigenvalue weighted by atomic mass is 16.5. The van der Waals surface area contributed by atoms with E-state index in [4.69, 9.17) is 9.47 Å². The molecular weight excluding hydrogens is 316 g/mol. The molecule has 138 valence electrons. The maximum Gasteiger partial charge on any atom is 0.222 e. The Bertz CT molecular complexity index is 596. The first-order chi connectivity index (χ1) is 12.0. The van der Waals surface area contributed by atoms with Crippen LogP contribution in [-0.2, 0) is 20.9 Å². The van der Waals surface area contributed by atoms with Crippen molar-refractivity contribution >= 4 is 5.91 Å². The van der Waals surface area contributed by atoms with Gasteiger partial charge in [0.2, 0.25) is 5.91 Å². The topological polar surface area (TPSA) is 51.7 Å². The van der Waals surface area contributed by atoms with Crippen LogP contribution in [-0.4, -0.2) is 47.2 Å². The first kappa shape index (κ1) is 18.3. The summed E-state index contributed by atoms with van der Waals surface area (Å²) in [6.45, 7) is 8.98. The molecule has 0 aromatic carbocycles. The molecule has 0 radical (unpaired) electrons. The van der Waals surface area contributed by atoms with Crippen molar-refractivity contribution < 1.29 is 14.3 Å². The van der Waals surface area contributed by atoms with E-state index in [0.29, 0.717) is 38.6 Å². The molecule has 1 atom stereocenters. The summed E-state index contributed by atoms with van der Waals surface area (Å²) < 4.78 is 12.1. The largest absolute Gasteiger partial charge is 0.372 e. The van der Waals surface area contributed by atoms with Crippen LogP contribution in [0.25, 0.3) is 0 Å². The maximum absolute atomic E-state index is 12.2. The quantitative estimate of drug-likeness (QED) is 0.794. The number of likely N-dealkylation sites (tertiary alicyclic amines) is 1. The van der Waals surface area contributed by atoms with Gasteiger partial charge in [0.25, 0.3) is 0 Å². The van der Waals surface area contributed by atoms with Gasteiger partial charge < -0.3 is 14.4 Å². The third-order valence-electron chi connectivity index (χ3n) is 5.11. The van der Waals surface area contributed by atoms with Crippen LogP contribution in [0, 0.1) is 12.8 Å². The molecule has 1 aromatic rings. The second-order valence-electron chi connectivity index (χ2n) is 7.91. The number of hydrogen-bond acceptors (Lipinski definition) is 4. The molecule has 1 amide bonds. The molecular formula is C20H30N2O3. The minimum absolute atomic E-state index is 0.184. The second kappa shape index (κ2) is 7.83. The number of carbonyl (C=O) groups excluding carboxylic acids is 1. The summed E-state index contributed by atoms with van der Waals surface area (Å²) in [6, 6.07) is 6.01. The molecule has 5 nitrogen and oxygen atoms in total. The minimum atomic E-state index is -0.184. The van der Waals surface area contributed by atoms with E-state index in [0.717, 1.165) is 30.7 Å². The highest BCUT2D eigenvalue weighted by Crippen LogP contribution is 2.36. The molecule has 2 aliphatic rings. The van der Waals surface area contributed by atoms with E-state index >= 15 is 0 Å². The van der Waals surface area contributed by atoms with Gasteiger partial charge in [-0.05, 0) is 37.8 Å². The fourth-order valence-electron chi connectivity index (χ4n) is 3.62. The summed E-state index contributed by atoms with van der Waals surface area (Å²) in [6.07, 6.45) is 3.57. The van der Waals surface area contributed by atoms with Crippen LogP contribution >= 0.6 is 0 Å². The average Bonchev–Trinajstić information content (AvgIpc) is 2.56. The third-order valence-corrected chi connectivity index (χ3v) is 5.11. The molecule has 5 heteroatoms. The smallest absolute Gasteiger partial charge is 0.222 e. The molecule has 1 unspecified atom stereocenters. The molecule has 0 aliphatic carbocycles. The van der Waals surface area contributed by atoms with Gasteiger partial charge in [0.15, 0.2) is 0 Å². The first-order valence-electron chi connectivity index (χ1n) is 9.42. The fraction of sp³-hybridized carbons (Fsp3) is 0.700. The van der Waals surface area contributed by atoms with Crippen LogP contribution in [0.15, 0.2) is 18.2 Å². The molecule has 0 saturated carbocycles. The van der Waals surface area contributed by atoms with Gasteiger partial charge in [0.05, 0.1) is 31.5 Å². The lowest BCUT2D eigenvalue weighted by atomic mass is 9.84. The predicted octanol–water partition coefficient (Wildman–Crippen LogP) is 3.10. The highest BCUT2D eigenvalue weighted by Gasteiger charge is 2.49. The van der Waals surface area contributed by atoms with E-state index in [9.17, 15) is 4.79 Å². The Labute approximate surface area is 150 Å². The van der Waals surface area contributed by atoms with Crippen molar-refractivity contribution in [2.24, 2.45) is 5.92 Å². The van der Waals surface area contributed by atoms with E-state index in [1.54, 1.807) is 0 Å². The molecule has 3 heterocycles. The lowest BCUT2D eigenvalue weighted by Gasteiger charge is -2.53. The number of nitrogens with zero attached hydrogens (tertiary/aromatic N) is 2. The molecule has 1 spiro atoms. The van der Waals surface area contributed by atoms with E-state index in [1.807, 2.05) is 30.0 Å². The lowest BCUT2D eigenvalue weighted by Crippen LogP contribution is -2.67. The Morgan fingerprint density at radius 2 is 2.24 bits per heavy atom. The van der Waals surface area contributed by atoms with Crippen molar-refractivity contribution in [3.05, 3.63) is 29.6 Å². The van der Waals surface area contributed by atoms with Crippen molar-refractivity contribution in [3.63, 3.8) is 0 Å². The van der Waals surface area contributed by atoms with Crippen LogP contribution in [0.5, 0.6) is 0 Å². The number of aryl methyl sites for hydroxylation is 1. The average molecular weight is 346 g/mol. The summed E-state index contributed by atoms with van der Waals surface area (Å²) in [5.74, 6) is 0.827. The zero-order valence-corrected chi connectivity index (χ0v) is 15.7. The van der Waals surface area contributed by atoms with Gasteiger partial charge in [-0.2, -0.15) is 0 Å². The number of ether oxygens (including phenoxy) is 2. The first-order valence-corrected chi connectivity index (χ1v) is 9.42. The van der Waals surface area contributed by atoms with Gasteiger partial charge in [-0.25, -0.2) is 0 Å². The fourth-order valence-corrected chi connectivity index (χ4v) is 3.62. The van der Waals surface area contributed by atoms with Gasteiger partial charge in [-0.3, -0.25) is 9.78 Å². The van der Waals surface area contributed by atoms with Crippen molar-refractivity contribution in [1.82, 2.24) is 9.88 Å². The number of pyridine rings is 1.